The molecule has 1 aliphatic heterocycles. The molecule has 1 aromatic heterocycles. The van der Waals surface area contributed by atoms with Gasteiger partial charge in [0.15, 0.2) is 5.78 Å². The van der Waals surface area contributed by atoms with Crippen LogP contribution in [0.5, 0.6) is 0 Å². The Bertz CT molecular complexity index is 1080. The third-order valence-corrected chi connectivity index (χ3v) is 5.98. The second-order valence-corrected chi connectivity index (χ2v) is 9.67. The van der Waals surface area contributed by atoms with E-state index >= 15 is 0 Å². The first-order valence-corrected chi connectivity index (χ1v) is 11.2. The number of nitrogens with zero attached hydrogens (tertiary/aromatic N) is 3. The van der Waals surface area contributed by atoms with Gasteiger partial charge < -0.3 is 9.64 Å². The van der Waals surface area contributed by atoms with Crippen molar-refractivity contribution in [1.29, 1.82) is 0 Å². The number of carbonyl (C=O) groups is 2. The van der Waals surface area contributed by atoms with Crippen LogP contribution in [0.4, 0.5) is 4.79 Å². The van der Waals surface area contributed by atoms with Gasteiger partial charge in [-0.25, -0.2) is 4.79 Å². The van der Waals surface area contributed by atoms with Crippen LogP contribution in [-0.2, 0) is 9.53 Å². The Labute approximate surface area is 193 Å². The Morgan fingerprint density at radius 3 is 2.50 bits per heavy atom. The molecule has 0 radical (unpaired) electrons. The fourth-order valence-electron chi connectivity index (χ4n) is 4.31. The van der Waals surface area contributed by atoms with E-state index in [1.807, 2.05) is 57.2 Å². The summed E-state index contributed by atoms with van der Waals surface area (Å²) in [6.07, 6.45) is 3.41. The summed E-state index contributed by atoms with van der Waals surface area (Å²) in [5, 5.41) is 0.586. The molecule has 0 spiro atoms. The number of ketones is 1. The Balaban J connectivity index is 1.69. The SMILES string of the molecule is CC(=O)C1=Cc2cccnc2[C@@H](N2CCN(C(=O)OC(C)(C)C)CC2)c2ccc(Cl)cc21. The van der Waals surface area contributed by atoms with Gasteiger partial charge in [-0.3, -0.25) is 14.7 Å². The second kappa shape index (κ2) is 8.68. The van der Waals surface area contributed by atoms with Crippen LogP contribution in [-0.4, -0.2) is 58.4 Å². The molecular formula is C25H28ClN3O3. The Kier molecular flexibility index (Phi) is 6.10. The number of rotatable bonds is 2. The molecular weight excluding hydrogens is 426 g/mol. The average Bonchev–Trinajstić information content (AvgIpc) is 2.87. The molecule has 1 aromatic carbocycles. The average molecular weight is 454 g/mol. The van der Waals surface area contributed by atoms with Crippen LogP contribution in [0.15, 0.2) is 36.5 Å². The Hall–Kier alpha value is -2.70. The minimum atomic E-state index is -0.522. The summed E-state index contributed by atoms with van der Waals surface area (Å²) >= 11 is 6.33. The van der Waals surface area contributed by atoms with Crippen molar-refractivity contribution in [2.75, 3.05) is 26.2 Å². The maximum atomic E-state index is 12.5. The summed E-state index contributed by atoms with van der Waals surface area (Å²) in [4.78, 5) is 33.8. The van der Waals surface area contributed by atoms with E-state index in [0.717, 1.165) is 22.4 Å². The van der Waals surface area contributed by atoms with Gasteiger partial charge in [-0.2, -0.15) is 0 Å². The van der Waals surface area contributed by atoms with Crippen LogP contribution in [0, 0.1) is 0 Å². The van der Waals surface area contributed by atoms with E-state index in [0.29, 0.717) is 36.8 Å². The fourth-order valence-corrected chi connectivity index (χ4v) is 4.48. The number of halogens is 1. The number of Topliss-reactive ketones (excluding diaryl/α,β-unsaturated/α-hetero) is 1. The van der Waals surface area contributed by atoms with Crippen molar-refractivity contribution >= 4 is 35.1 Å². The van der Waals surface area contributed by atoms with Crippen LogP contribution < -0.4 is 0 Å². The molecule has 1 atom stereocenters. The molecule has 0 saturated carbocycles. The number of ether oxygens (including phenoxy) is 1. The van der Waals surface area contributed by atoms with Crippen LogP contribution in [0.3, 0.4) is 0 Å². The third-order valence-electron chi connectivity index (χ3n) is 5.74. The Morgan fingerprint density at radius 2 is 1.84 bits per heavy atom. The van der Waals surface area contributed by atoms with Gasteiger partial charge in [-0.1, -0.05) is 23.7 Å². The molecule has 32 heavy (non-hydrogen) atoms. The van der Waals surface area contributed by atoms with Crippen molar-refractivity contribution < 1.29 is 14.3 Å². The minimum Gasteiger partial charge on any atom is -0.444 e. The molecule has 1 amide bonds. The smallest absolute Gasteiger partial charge is 0.410 e. The molecule has 2 aliphatic rings. The van der Waals surface area contributed by atoms with Crippen LogP contribution in [0.1, 0.15) is 56.1 Å². The van der Waals surface area contributed by atoms with Gasteiger partial charge in [0.25, 0.3) is 0 Å². The molecule has 0 unspecified atom stereocenters. The number of pyridine rings is 1. The zero-order valence-corrected chi connectivity index (χ0v) is 19.6. The molecule has 6 nitrogen and oxygen atoms in total. The molecule has 168 valence electrons. The number of aromatic nitrogens is 1. The zero-order valence-electron chi connectivity index (χ0n) is 18.9. The van der Waals surface area contributed by atoms with Crippen molar-refractivity contribution in [3.05, 3.63) is 63.9 Å². The first kappa shape index (κ1) is 22.5. The van der Waals surface area contributed by atoms with Gasteiger partial charge in [-0.05, 0) is 68.7 Å². The second-order valence-electron chi connectivity index (χ2n) is 9.23. The summed E-state index contributed by atoms with van der Waals surface area (Å²) in [6.45, 7) is 9.64. The van der Waals surface area contributed by atoms with Crippen molar-refractivity contribution in [2.45, 2.75) is 39.3 Å². The quantitative estimate of drug-likeness (QED) is 0.652. The van der Waals surface area contributed by atoms with Gasteiger partial charge in [0, 0.05) is 43.0 Å². The number of allylic oxidation sites excluding steroid dienone is 1. The highest BCUT2D eigenvalue weighted by Crippen LogP contribution is 2.40. The van der Waals surface area contributed by atoms with Gasteiger partial charge in [-0.15, -0.1) is 0 Å². The van der Waals surface area contributed by atoms with Gasteiger partial charge >= 0.3 is 6.09 Å². The van der Waals surface area contributed by atoms with E-state index in [9.17, 15) is 9.59 Å². The standard InChI is InChI=1S/C25H28ClN3O3/c1-16(30)20-14-17-6-5-9-27-22(17)23(19-8-7-18(26)15-21(19)20)28-10-12-29(13-11-28)24(31)32-25(2,3)4/h5-9,14-15,23H,10-13H2,1-4H3/t23-/m0/s1. The fraction of sp³-hybridized carbons (Fsp3) is 0.400. The van der Waals surface area contributed by atoms with Gasteiger partial charge in [0.2, 0.25) is 0 Å². The van der Waals surface area contributed by atoms with E-state index < -0.39 is 5.60 Å². The predicted molar refractivity (Wildman–Crippen MR) is 125 cm³/mol. The van der Waals surface area contributed by atoms with Crippen LogP contribution >= 0.6 is 11.6 Å². The number of hydrogen-bond acceptors (Lipinski definition) is 5. The summed E-state index contributed by atoms with van der Waals surface area (Å²) in [5.41, 5.74) is 3.77. The van der Waals surface area contributed by atoms with E-state index in [-0.39, 0.29) is 17.9 Å². The highest BCUT2D eigenvalue weighted by molar-refractivity contribution is 6.31. The predicted octanol–water partition coefficient (Wildman–Crippen LogP) is 4.82. The largest absolute Gasteiger partial charge is 0.444 e. The topological polar surface area (TPSA) is 62.7 Å². The van der Waals surface area contributed by atoms with Gasteiger partial charge in [0.05, 0.1) is 11.7 Å². The number of fused-ring (bicyclic) bond motifs is 2. The van der Waals surface area contributed by atoms with Crippen molar-refractivity contribution in [3.63, 3.8) is 0 Å². The normalized spacial score (nSPS) is 18.8. The molecule has 1 saturated heterocycles. The van der Waals surface area contributed by atoms with E-state index in [1.54, 1.807) is 18.0 Å². The van der Waals surface area contributed by atoms with Crippen molar-refractivity contribution in [3.8, 4) is 0 Å². The summed E-state index contributed by atoms with van der Waals surface area (Å²) < 4.78 is 5.54. The lowest BCUT2D eigenvalue weighted by molar-refractivity contribution is -0.111. The summed E-state index contributed by atoms with van der Waals surface area (Å²) in [5.74, 6) is -0.0151. The number of carbonyl (C=O) groups excluding carboxylic acids is 2. The lowest BCUT2D eigenvalue weighted by Gasteiger charge is -2.40. The number of amides is 1. The third kappa shape index (κ3) is 4.57. The molecule has 2 heterocycles. The lowest BCUT2D eigenvalue weighted by Crippen LogP contribution is -2.51. The van der Waals surface area contributed by atoms with E-state index in [1.165, 1.54) is 0 Å². The van der Waals surface area contributed by atoms with Gasteiger partial charge in [0.1, 0.15) is 5.60 Å². The zero-order chi connectivity index (χ0) is 23.0. The van der Waals surface area contributed by atoms with Crippen LogP contribution in [0.2, 0.25) is 5.02 Å². The Morgan fingerprint density at radius 1 is 1.12 bits per heavy atom. The highest BCUT2D eigenvalue weighted by Gasteiger charge is 2.35. The molecule has 1 aliphatic carbocycles. The molecule has 7 heteroatoms. The maximum Gasteiger partial charge on any atom is 0.410 e. The van der Waals surface area contributed by atoms with Crippen molar-refractivity contribution in [1.82, 2.24) is 14.8 Å². The number of piperazine rings is 1. The van der Waals surface area contributed by atoms with E-state index in [2.05, 4.69) is 4.90 Å². The lowest BCUT2D eigenvalue weighted by atomic mass is 9.92. The molecule has 0 bridgehead atoms. The summed E-state index contributed by atoms with van der Waals surface area (Å²) in [6, 6.07) is 9.43. The van der Waals surface area contributed by atoms with Crippen molar-refractivity contribution in [2.24, 2.45) is 0 Å². The molecule has 4 rings (SSSR count). The molecule has 1 fully saturated rings. The first-order valence-electron chi connectivity index (χ1n) is 10.8. The van der Waals surface area contributed by atoms with Crippen LogP contribution in [0.25, 0.3) is 11.6 Å². The van der Waals surface area contributed by atoms with E-state index in [4.69, 9.17) is 21.3 Å². The first-order chi connectivity index (χ1) is 15.1. The molecule has 0 N–H and O–H groups in total. The number of benzene rings is 1. The molecule has 2 aromatic rings. The number of hydrogen-bond donors (Lipinski definition) is 0. The highest BCUT2D eigenvalue weighted by atomic mass is 35.5. The summed E-state index contributed by atoms with van der Waals surface area (Å²) in [7, 11) is 0. The maximum absolute atomic E-state index is 12.5. The minimum absolute atomic E-state index is 0.0151. The monoisotopic (exact) mass is 453 g/mol.